The zero-order chi connectivity index (χ0) is 51.0. The molecule has 2 rings (SSSR count). The Hall–Kier alpha value is -5.74. The smallest absolute Gasteiger partial charge is 0.326 e. The second-order valence-electron chi connectivity index (χ2n) is 17.7. The standard InChI is InChI=1S/C44H71Cl2N13O9/c1-25(2)19-34(39(65)58-35(41(67)68)21-28-13-14-29(45)30(46)20-28)57-37(63)31(11-7-17-52-42(48)49)54-23-44(24-60,22-27-9-5-4-6-10-27)59-40(66)33(15-16-36(47)62)56-38(64)32(55-26(3)61)12-8-18-53-43(50)51/h13-14,20,24-25,27,31-35,54H,4-12,15-19,21-23H2,1-3H3,(H2,47,62)(H,55,61)(H,56,64)(H,57,63)(H,58,65)(H,59,66)(H,67,68)(H4,48,49,52)(H4,50,51,53)/t31-,32-,33-,34-,35-,44+/m0/s1. The van der Waals surface area contributed by atoms with Gasteiger partial charge in [0.25, 0.3) is 0 Å². The van der Waals surface area contributed by atoms with Crippen LogP contribution in [0.25, 0.3) is 0 Å². The van der Waals surface area contributed by atoms with Crippen molar-refractivity contribution in [1.82, 2.24) is 31.9 Å². The number of hydrogen-bond donors (Lipinski definition) is 12. The zero-order valence-corrected chi connectivity index (χ0v) is 40.6. The van der Waals surface area contributed by atoms with Crippen LogP contribution in [0.4, 0.5) is 0 Å². The van der Waals surface area contributed by atoms with Crippen LogP contribution in [0.5, 0.6) is 0 Å². The second kappa shape index (κ2) is 29.9. The van der Waals surface area contributed by atoms with E-state index in [1.807, 2.05) is 13.8 Å². The van der Waals surface area contributed by atoms with Gasteiger partial charge < -0.3 is 70.5 Å². The number of nitrogens with zero attached hydrogens (tertiary/aromatic N) is 2. The maximum absolute atomic E-state index is 14.3. The lowest BCUT2D eigenvalue weighted by atomic mass is 9.79. The molecule has 1 aromatic carbocycles. The van der Waals surface area contributed by atoms with E-state index in [1.54, 1.807) is 6.07 Å². The Morgan fingerprint density at radius 1 is 0.750 bits per heavy atom. The average molecular weight is 997 g/mol. The van der Waals surface area contributed by atoms with E-state index in [0.29, 0.717) is 11.8 Å². The lowest BCUT2D eigenvalue weighted by molar-refractivity contribution is -0.142. The summed E-state index contributed by atoms with van der Waals surface area (Å²) >= 11 is 12.2. The number of rotatable bonds is 31. The largest absolute Gasteiger partial charge is 0.480 e. The average Bonchev–Trinajstić information content (AvgIpc) is 3.26. The third-order valence-electron chi connectivity index (χ3n) is 11.2. The van der Waals surface area contributed by atoms with Gasteiger partial charge in [-0.2, -0.15) is 0 Å². The van der Waals surface area contributed by atoms with Gasteiger partial charge in [0.1, 0.15) is 36.0 Å². The van der Waals surface area contributed by atoms with Gasteiger partial charge in [0.15, 0.2) is 11.9 Å². The number of aliphatic imine (C=N–C) groups is 2. The van der Waals surface area contributed by atoms with Gasteiger partial charge in [0.05, 0.1) is 16.1 Å². The highest BCUT2D eigenvalue weighted by Gasteiger charge is 2.39. The van der Waals surface area contributed by atoms with E-state index in [1.165, 1.54) is 19.1 Å². The van der Waals surface area contributed by atoms with E-state index < -0.39 is 77.2 Å². The van der Waals surface area contributed by atoms with Crippen LogP contribution in [-0.4, -0.2) is 120 Å². The summed E-state index contributed by atoms with van der Waals surface area (Å²) in [4.78, 5) is 114. The first-order chi connectivity index (χ1) is 32.0. The molecule has 380 valence electrons. The van der Waals surface area contributed by atoms with Gasteiger partial charge in [0.2, 0.25) is 35.4 Å². The van der Waals surface area contributed by atoms with Crippen LogP contribution in [0.1, 0.15) is 110 Å². The van der Waals surface area contributed by atoms with Crippen LogP contribution < -0.4 is 60.6 Å². The number of primary amides is 1. The number of aldehydes is 1. The van der Waals surface area contributed by atoms with Crippen LogP contribution in [0.2, 0.25) is 10.0 Å². The van der Waals surface area contributed by atoms with Crippen molar-refractivity contribution in [2.75, 3.05) is 19.6 Å². The summed E-state index contributed by atoms with van der Waals surface area (Å²) in [6, 6.07) is -1.67. The summed E-state index contributed by atoms with van der Waals surface area (Å²) in [6.07, 6.45) is 5.06. The van der Waals surface area contributed by atoms with Crippen molar-refractivity contribution in [2.45, 2.75) is 146 Å². The third-order valence-corrected chi connectivity index (χ3v) is 12.0. The monoisotopic (exact) mass is 995 g/mol. The number of carbonyl (C=O) groups is 8. The molecule has 0 aliphatic heterocycles. The topological polar surface area (TPSA) is 384 Å². The fourth-order valence-corrected chi connectivity index (χ4v) is 8.18. The number of benzene rings is 1. The maximum Gasteiger partial charge on any atom is 0.326 e. The minimum Gasteiger partial charge on any atom is -0.480 e. The molecule has 1 aromatic rings. The van der Waals surface area contributed by atoms with Gasteiger partial charge in [-0.25, -0.2) is 4.79 Å². The molecule has 1 saturated carbocycles. The molecular formula is C44H71Cl2N13O9. The molecule has 0 unspecified atom stereocenters. The number of carbonyl (C=O) groups excluding carboxylic acids is 7. The molecule has 1 fully saturated rings. The molecule has 6 atom stereocenters. The van der Waals surface area contributed by atoms with Crippen molar-refractivity contribution in [3.63, 3.8) is 0 Å². The predicted molar refractivity (Wildman–Crippen MR) is 259 cm³/mol. The van der Waals surface area contributed by atoms with Gasteiger partial charge in [0, 0.05) is 39.4 Å². The number of guanidine groups is 2. The minimum absolute atomic E-state index is 0.0246. The Labute approximate surface area is 407 Å². The highest BCUT2D eigenvalue weighted by atomic mass is 35.5. The number of amides is 6. The molecule has 0 heterocycles. The van der Waals surface area contributed by atoms with Crippen LogP contribution in [0.3, 0.4) is 0 Å². The summed E-state index contributed by atoms with van der Waals surface area (Å²) in [7, 11) is 0. The number of aliphatic carboxylic acids is 1. The van der Waals surface area contributed by atoms with E-state index in [2.05, 4.69) is 41.9 Å². The van der Waals surface area contributed by atoms with E-state index in [4.69, 9.17) is 51.9 Å². The Kier molecular flexibility index (Phi) is 25.7. The highest BCUT2D eigenvalue weighted by molar-refractivity contribution is 6.42. The molecule has 0 saturated heterocycles. The molecule has 68 heavy (non-hydrogen) atoms. The van der Waals surface area contributed by atoms with Gasteiger partial charge in [-0.15, -0.1) is 0 Å². The van der Waals surface area contributed by atoms with Gasteiger partial charge in [-0.3, -0.25) is 38.8 Å². The van der Waals surface area contributed by atoms with Crippen molar-refractivity contribution in [2.24, 2.45) is 50.5 Å². The molecule has 6 amide bonds. The Bertz CT molecular complexity index is 1940. The van der Waals surface area contributed by atoms with E-state index >= 15 is 0 Å². The first-order valence-electron chi connectivity index (χ1n) is 22.8. The molecule has 0 spiro atoms. The first-order valence-corrected chi connectivity index (χ1v) is 23.6. The molecular weight excluding hydrogens is 925 g/mol. The highest BCUT2D eigenvalue weighted by Crippen LogP contribution is 2.30. The van der Waals surface area contributed by atoms with E-state index in [9.17, 15) is 43.5 Å². The summed E-state index contributed by atoms with van der Waals surface area (Å²) in [5.41, 5.74) is 26.2. The molecule has 22 nitrogen and oxygen atoms in total. The summed E-state index contributed by atoms with van der Waals surface area (Å²) in [5, 5.41) is 27.0. The summed E-state index contributed by atoms with van der Waals surface area (Å²) < 4.78 is 0. The van der Waals surface area contributed by atoms with Crippen LogP contribution in [0, 0.1) is 11.8 Å². The fourth-order valence-electron chi connectivity index (χ4n) is 7.86. The van der Waals surface area contributed by atoms with Crippen molar-refractivity contribution in [3.8, 4) is 0 Å². The number of hydrogen-bond acceptors (Lipinski definition) is 11. The van der Waals surface area contributed by atoms with Crippen molar-refractivity contribution in [3.05, 3.63) is 33.8 Å². The Morgan fingerprint density at radius 3 is 1.82 bits per heavy atom. The van der Waals surface area contributed by atoms with Crippen LogP contribution in [-0.2, 0) is 44.8 Å². The third kappa shape index (κ3) is 22.4. The Morgan fingerprint density at radius 2 is 1.29 bits per heavy atom. The first kappa shape index (κ1) is 58.4. The molecule has 0 bridgehead atoms. The molecule has 1 aliphatic rings. The molecule has 1 aliphatic carbocycles. The minimum atomic E-state index is -1.68. The van der Waals surface area contributed by atoms with Crippen molar-refractivity contribution >= 4 is 82.8 Å². The lowest BCUT2D eigenvalue weighted by Gasteiger charge is -2.37. The number of halogens is 2. The Balaban J connectivity index is 2.50. The van der Waals surface area contributed by atoms with Crippen molar-refractivity contribution < 1.29 is 43.5 Å². The fraction of sp³-hybridized carbons (Fsp3) is 0.636. The summed E-state index contributed by atoms with van der Waals surface area (Å²) in [5.74, 6) is -6.14. The molecule has 24 heteroatoms. The quantitative estimate of drug-likeness (QED) is 0.0201. The number of carboxylic acid groups (broad SMARTS) is 1. The van der Waals surface area contributed by atoms with Gasteiger partial charge >= 0.3 is 5.97 Å². The second-order valence-corrected chi connectivity index (χ2v) is 18.5. The van der Waals surface area contributed by atoms with E-state index in [0.717, 1.165) is 32.1 Å². The number of nitrogens with one attached hydrogen (secondary N) is 6. The lowest BCUT2D eigenvalue weighted by Crippen LogP contribution is -2.64. The molecule has 17 N–H and O–H groups in total. The van der Waals surface area contributed by atoms with Crippen LogP contribution >= 0.6 is 23.2 Å². The molecule has 0 radical (unpaired) electrons. The number of nitrogens with two attached hydrogens (primary N) is 5. The van der Waals surface area contributed by atoms with Crippen LogP contribution in [0.15, 0.2) is 28.2 Å². The normalized spacial score (nSPS) is 15.7. The SMILES string of the molecule is CC(=O)N[C@@H](CCCN=C(N)N)C(=O)N[C@@H](CCC(N)=O)C(=O)N[C@@](C=O)(CN[C@@H](CCCN=C(N)N)C(=O)N[C@@H](CC(C)C)C(=O)N[C@@H](Cc1ccc(Cl)c(Cl)c1)C(=O)O)CC1CCCCC1. The van der Waals surface area contributed by atoms with E-state index in [-0.39, 0.29) is 111 Å². The predicted octanol–water partition coefficient (Wildman–Crippen LogP) is -0.0191. The zero-order valence-electron chi connectivity index (χ0n) is 39.1. The molecule has 0 aromatic heterocycles. The summed E-state index contributed by atoms with van der Waals surface area (Å²) in [6.45, 7) is 4.82. The van der Waals surface area contributed by atoms with Gasteiger partial charge in [-0.1, -0.05) is 75.2 Å². The number of carboxylic acids is 1. The van der Waals surface area contributed by atoms with Crippen molar-refractivity contribution in [1.29, 1.82) is 0 Å². The van der Waals surface area contributed by atoms with Gasteiger partial charge in [-0.05, 0) is 74.5 Å². The maximum atomic E-state index is 14.3.